The number of oxazole rings is 1. The Morgan fingerprint density at radius 1 is 1.44 bits per heavy atom. The molecule has 96 valence electrons. The van der Waals surface area contributed by atoms with Gasteiger partial charge in [-0.3, -0.25) is 0 Å². The van der Waals surface area contributed by atoms with Gasteiger partial charge >= 0.3 is 0 Å². The zero-order valence-corrected chi connectivity index (χ0v) is 10.8. The molecule has 0 saturated heterocycles. The minimum atomic E-state index is -0.410. The van der Waals surface area contributed by atoms with E-state index in [4.69, 9.17) is 16.0 Å². The van der Waals surface area contributed by atoms with Crippen LogP contribution in [0, 0.1) is 5.82 Å². The van der Waals surface area contributed by atoms with Crippen molar-refractivity contribution in [3.8, 4) is 11.3 Å². The predicted molar refractivity (Wildman–Crippen MR) is 68.9 cm³/mol. The first-order valence-corrected chi connectivity index (χ1v) is 6.19. The van der Waals surface area contributed by atoms with Crippen LogP contribution in [-0.4, -0.2) is 11.5 Å². The lowest BCUT2D eigenvalue weighted by Gasteiger charge is -2.00. The van der Waals surface area contributed by atoms with E-state index in [-0.39, 0.29) is 0 Å². The van der Waals surface area contributed by atoms with E-state index >= 15 is 0 Å². The molecule has 2 rings (SSSR count). The van der Waals surface area contributed by atoms with Gasteiger partial charge in [-0.1, -0.05) is 18.5 Å². The third-order valence-electron chi connectivity index (χ3n) is 2.45. The van der Waals surface area contributed by atoms with Crippen molar-refractivity contribution in [3.63, 3.8) is 0 Å². The fourth-order valence-electron chi connectivity index (χ4n) is 1.58. The van der Waals surface area contributed by atoms with E-state index in [2.05, 4.69) is 17.2 Å². The Morgan fingerprint density at radius 2 is 2.28 bits per heavy atom. The highest BCUT2D eigenvalue weighted by atomic mass is 35.5. The molecular weight excluding hydrogens is 255 g/mol. The molecule has 1 aromatic heterocycles. The number of rotatable bonds is 5. The molecule has 0 amide bonds. The average molecular weight is 269 g/mol. The van der Waals surface area contributed by atoms with Crippen LogP contribution in [0.15, 0.2) is 28.8 Å². The van der Waals surface area contributed by atoms with Crippen molar-refractivity contribution in [1.29, 1.82) is 0 Å². The molecule has 0 aliphatic carbocycles. The summed E-state index contributed by atoms with van der Waals surface area (Å²) >= 11 is 5.70. The summed E-state index contributed by atoms with van der Waals surface area (Å²) in [5, 5.41) is 3.53. The van der Waals surface area contributed by atoms with Gasteiger partial charge in [0.05, 0.1) is 18.3 Å². The molecule has 5 heteroatoms. The van der Waals surface area contributed by atoms with Crippen molar-refractivity contribution in [2.75, 3.05) is 6.54 Å². The first-order valence-electron chi connectivity index (χ1n) is 5.81. The fraction of sp³-hybridized carbons (Fsp3) is 0.308. The van der Waals surface area contributed by atoms with Crippen LogP contribution in [0.1, 0.15) is 19.2 Å². The first kappa shape index (κ1) is 13.1. The molecule has 0 aliphatic rings. The molecule has 0 radical (unpaired) electrons. The van der Waals surface area contributed by atoms with Gasteiger partial charge in [0.2, 0.25) is 5.89 Å². The standard InChI is InChI=1S/C13H14ClFN2O/c1-2-5-16-8-13-17-7-12(18-13)10-4-3-9(14)6-11(10)15/h3-4,6-7,16H,2,5,8H2,1H3. The molecule has 0 aliphatic heterocycles. The lowest BCUT2D eigenvalue weighted by Crippen LogP contribution is -2.13. The highest BCUT2D eigenvalue weighted by Crippen LogP contribution is 2.25. The topological polar surface area (TPSA) is 38.1 Å². The quantitative estimate of drug-likeness (QED) is 0.842. The van der Waals surface area contributed by atoms with Gasteiger partial charge in [0, 0.05) is 5.02 Å². The van der Waals surface area contributed by atoms with E-state index in [1.165, 1.54) is 12.3 Å². The molecule has 0 spiro atoms. The molecule has 0 saturated carbocycles. The average Bonchev–Trinajstić information content (AvgIpc) is 2.78. The number of nitrogens with one attached hydrogen (secondary N) is 1. The van der Waals surface area contributed by atoms with Gasteiger partial charge in [0.25, 0.3) is 0 Å². The van der Waals surface area contributed by atoms with Gasteiger partial charge in [-0.25, -0.2) is 9.37 Å². The summed E-state index contributed by atoms with van der Waals surface area (Å²) in [7, 11) is 0. The summed E-state index contributed by atoms with van der Waals surface area (Å²) in [6.45, 7) is 3.52. The highest BCUT2D eigenvalue weighted by Gasteiger charge is 2.11. The van der Waals surface area contributed by atoms with Crippen molar-refractivity contribution in [1.82, 2.24) is 10.3 Å². The Bertz CT molecular complexity index is 527. The second-order valence-corrected chi connectivity index (χ2v) is 4.36. The molecule has 0 atom stereocenters. The molecule has 1 heterocycles. The summed E-state index contributed by atoms with van der Waals surface area (Å²) in [6.07, 6.45) is 2.56. The van der Waals surface area contributed by atoms with Gasteiger partial charge in [-0.15, -0.1) is 0 Å². The molecule has 0 bridgehead atoms. The molecule has 2 aromatic rings. The van der Waals surface area contributed by atoms with Gasteiger partial charge in [-0.05, 0) is 31.2 Å². The molecule has 1 N–H and O–H groups in total. The van der Waals surface area contributed by atoms with Crippen LogP contribution in [-0.2, 0) is 6.54 Å². The van der Waals surface area contributed by atoms with Crippen LogP contribution in [0.5, 0.6) is 0 Å². The molecule has 1 aromatic carbocycles. The van der Waals surface area contributed by atoms with Crippen molar-refractivity contribution in [2.24, 2.45) is 0 Å². The van der Waals surface area contributed by atoms with Crippen molar-refractivity contribution >= 4 is 11.6 Å². The maximum absolute atomic E-state index is 13.7. The largest absolute Gasteiger partial charge is 0.439 e. The SMILES string of the molecule is CCCNCc1ncc(-c2ccc(Cl)cc2F)o1. The summed E-state index contributed by atoms with van der Waals surface area (Å²) in [4.78, 5) is 4.10. The van der Waals surface area contributed by atoms with Crippen LogP contribution in [0.25, 0.3) is 11.3 Å². The Morgan fingerprint density at radius 3 is 3.00 bits per heavy atom. The number of aromatic nitrogens is 1. The second-order valence-electron chi connectivity index (χ2n) is 3.92. The fourth-order valence-corrected chi connectivity index (χ4v) is 1.74. The minimum absolute atomic E-state index is 0.362. The van der Waals surface area contributed by atoms with Gasteiger partial charge in [0.1, 0.15) is 5.82 Å². The van der Waals surface area contributed by atoms with Crippen LogP contribution >= 0.6 is 11.6 Å². The zero-order valence-electron chi connectivity index (χ0n) is 10.0. The Kier molecular flexibility index (Phi) is 4.33. The zero-order chi connectivity index (χ0) is 13.0. The molecule has 0 fully saturated rings. The van der Waals surface area contributed by atoms with Gasteiger partial charge in [0.15, 0.2) is 5.76 Å². The van der Waals surface area contributed by atoms with Gasteiger partial charge in [-0.2, -0.15) is 0 Å². The normalized spacial score (nSPS) is 10.8. The van der Waals surface area contributed by atoms with Crippen LogP contribution < -0.4 is 5.32 Å². The van der Waals surface area contributed by atoms with E-state index < -0.39 is 5.82 Å². The van der Waals surface area contributed by atoms with Crippen LogP contribution in [0.3, 0.4) is 0 Å². The molecule has 0 unspecified atom stereocenters. The van der Waals surface area contributed by atoms with Crippen molar-refractivity contribution in [2.45, 2.75) is 19.9 Å². The summed E-state index contributed by atoms with van der Waals surface area (Å²) in [5.41, 5.74) is 0.369. The highest BCUT2D eigenvalue weighted by molar-refractivity contribution is 6.30. The molecular formula is C13H14ClFN2O. The summed E-state index contributed by atoms with van der Waals surface area (Å²) in [5.74, 6) is 0.553. The Labute approximate surface area is 110 Å². The van der Waals surface area contributed by atoms with Crippen molar-refractivity contribution in [3.05, 3.63) is 41.1 Å². The van der Waals surface area contributed by atoms with Crippen molar-refractivity contribution < 1.29 is 8.81 Å². The lowest BCUT2D eigenvalue weighted by atomic mass is 10.2. The van der Waals surface area contributed by atoms with E-state index in [1.54, 1.807) is 12.1 Å². The Balaban J connectivity index is 2.13. The third kappa shape index (κ3) is 3.09. The summed E-state index contributed by atoms with van der Waals surface area (Å²) < 4.78 is 19.1. The van der Waals surface area contributed by atoms with E-state index in [1.807, 2.05) is 0 Å². The van der Waals surface area contributed by atoms with Gasteiger partial charge < -0.3 is 9.73 Å². The van der Waals surface area contributed by atoms with E-state index in [0.29, 0.717) is 28.8 Å². The smallest absolute Gasteiger partial charge is 0.208 e. The molecule has 18 heavy (non-hydrogen) atoms. The van der Waals surface area contributed by atoms with E-state index in [0.717, 1.165) is 13.0 Å². The van der Waals surface area contributed by atoms with Crippen LogP contribution in [0.4, 0.5) is 4.39 Å². The molecule has 3 nitrogen and oxygen atoms in total. The summed E-state index contributed by atoms with van der Waals surface area (Å²) in [6, 6.07) is 4.47. The lowest BCUT2D eigenvalue weighted by molar-refractivity contribution is 0.475. The second kappa shape index (κ2) is 5.98. The number of halogens is 2. The first-order chi connectivity index (χ1) is 8.70. The maximum atomic E-state index is 13.7. The van der Waals surface area contributed by atoms with Crippen LogP contribution in [0.2, 0.25) is 5.02 Å². The number of hydrogen-bond donors (Lipinski definition) is 1. The number of benzene rings is 1. The third-order valence-corrected chi connectivity index (χ3v) is 2.69. The number of nitrogens with zero attached hydrogens (tertiary/aromatic N) is 1. The van der Waals surface area contributed by atoms with E-state index in [9.17, 15) is 4.39 Å². The number of hydrogen-bond acceptors (Lipinski definition) is 3. The minimum Gasteiger partial charge on any atom is -0.439 e. The monoisotopic (exact) mass is 268 g/mol. The Hall–Kier alpha value is -1.39. The maximum Gasteiger partial charge on any atom is 0.208 e. The predicted octanol–water partition coefficient (Wildman–Crippen LogP) is 3.63.